The number of aliphatic carboxylic acids is 1. The highest BCUT2D eigenvalue weighted by molar-refractivity contribution is 5.71. The second kappa shape index (κ2) is 59.0. The van der Waals surface area contributed by atoms with Crippen molar-refractivity contribution in [3.05, 3.63) is 158 Å². The van der Waals surface area contributed by atoms with Gasteiger partial charge in [-0.3, -0.25) is 9.59 Å². The summed E-state index contributed by atoms with van der Waals surface area (Å²) in [7, 11) is 5.94. The van der Waals surface area contributed by atoms with Crippen molar-refractivity contribution < 1.29 is 42.9 Å². The Morgan fingerprint density at radius 3 is 1.03 bits per heavy atom. The second-order valence-corrected chi connectivity index (χ2v) is 20.9. The first-order valence-electron chi connectivity index (χ1n) is 30.6. The van der Waals surface area contributed by atoms with Gasteiger partial charge in [-0.2, -0.15) is 0 Å². The number of esters is 2. The smallest absolute Gasteiger partial charge is 0.361 e. The molecule has 0 aromatic rings. The minimum absolute atomic E-state index is 0.174. The van der Waals surface area contributed by atoms with E-state index in [4.69, 9.17) is 18.9 Å². The number of carboxylic acids is 1. The Morgan fingerprint density at radius 1 is 0.380 bits per heavy atom. The molecule has 0 radical (unpaired) electrons. The lowest BCUT2D eigenvalue weighted by atomic mass is 10.0. The van der Waals surface area contributed by atoms with E-state index in [1.54, 1.807) is 0 Å². The molecule has 0 heterocycles. The van der Waals surface area contributed by atoms with Gasteiger partial charge >= 0.3 is 17.9 Å². The van der Waals surface area contributed by atoms with E-state index in [0.717, 1.165) is 128 Å². The highest BCUT2D eigenvalue weighted by Gasteiger charge is 2.25. The van der Waals surface area contributed by atoms with Crippen molar-refractivity contribution in [2.75, 3.05) is 47.5 Å². The zero-order valence-electron chi connectivity index (χ0n) is 50.5. The molecule has 79 heavy (non-hydrogen) atoms. The molecule has 9 nitrogen and oxygen atoms in total. The number of hydrogen-bond acceptors (Lipinski definition) is 7. The van der Waals surface area contributed by atoms with Crippen molar-refractivity contribution in [2.45, 2.75) is 219 Å². The molecular weight excluding hydrogens is 983 g/mol. The minimum Gasteiger partial charge on any atom is -0.477 e. The molecule has 0 saturated carbocycles. The van der Waals surface area contributed by atoms with Gasteiger partial charge < -0.3 is 28.5 Å². The Balaban J connectivity index is 4.15. The van der Waals surface area contributed by atoms with Crippen LogP contribution in [0.2, 0.25) is 0 Å². The van der Waals surface area contributed by atoms with Crippen LogP contribution in [-0.2, 0) is 33.3 Å². The van der Waals surface area contributed by atoms with Gasteiger partial charge in [-0.15, -0.1) is 0 Å². The first-order valence-corrected chi connectivity index (χ1v) is 30.6. The Hall–Kier alpha value is -5.09. The van der Waals surface area contributed by atoms with Crippen LogP contribution < -0.4 is 0 Å². The van der Waals surface area contributed by atoms with E-state index in [1.807, 2.05) is 21.1 Å². The fourth-order valence-corrected chi connectivity index (χ4v) is 7.64. The molecule has 0 aliphatic rings. The lowest BCUT2D eigenvalue weighted by Crippen LogP contribution is -2.40. The van der Waals surface area contributed by atoms with E-state index in [9.17, 15) is 19.5 Å². The van der Waals surface area contributed by atoms with Crippen molar-refractivity contribution in [1.82, 2.24) is 0 Å². The first kappa shape index (κ1) is 73.9. The SMILES string of the molecule is CC/C=C\C/C=C\C/C=C\C/C=C\C/C=C\C/C=C\C/C=C\C/C=C\C/C=C\C/C=C\CCCCCCCCCCCCC(=O)OC(COC(=O)CCCCC/C=C\C/C=C\C/C=C\CC)COC(OCC[N+](C)(C)C)C(=O)O. The van der Waals surface area contributed by atoms with E-state index in [-0.39, 0.29) is 38.6 Å². The summed E-state index contributed by atoms with van der Waals surface area (Å²) in [5.74, 6) is -2.07. The van der Waals surface area contributed by atoms with Crippen molar-refractivity contribution in [1.29, 1.82) is 0 Å². The maximum Gasteiger partial charge on any atom is 0.361 e. The highest BCUT2D eigenvalue weighted by atomic mass is 16.7. The van der Waals surface area contributed by atoms with E-state index in [2.05, 4.69) is 172 Å². The van der Waals surface area contributed by atoms with E-state index < -0.39 is 24.3 Å². The summed E-state index contributed by atoms with van der Waals surface area (Å²) in [6, 6.07) is 0. The van der Waals surface area contributed by atoms with Crippen LogP contribution in [-0.4, -0.2) is 87.4 Å². The van der Waals surface area contributed by atoms with Gasteiger partial charge in [0.15, 0.2) is 6.10 Å². The van der Waals surface area contributed by atoms with Crippen LogP contribution in [0, 0.1) is 0 Å². The number of hydrogen-bond donors (Lipinski definition) is 1. The molecule has 0 bridgehead atoms. The predicted molar refractivity (Wildman–Crippen MR) is 336 cm³/mol. The summed E-state index contributed by atoms with van der Waals surface area (Å²) in [6.07, 6.45) is 84.9. The first-order chi connectivity index (χ1) is 38.6. The molecule has 0 aliphatic heterocycles. The zero-order valence-corrected chi connectivity index (χ0v) is 50.5. The number of carbonyl (C=O) groups is 3. The zero-order chi connectivity index (χ0) is 57.6. The summed E-state index contributed by atoms with van der Waals surface area (Å²) in [4.78, 5) is 37.3. The fraction of sp³-hybridized carbons (Fsp3) is 0.586. The third kappa shape index (κ3) is 60.4. The molecule has 2 unspecified atom stereocenters. The monoisotopic (exact) mass is 1090 g/mol. The van der Waals surface area contributed by atoms with Crippen LogP contribution >= 0.6 is 0 Å². The van der Waals surface area contributed by atoms with Crippen LogP contribution in [0.3, 0.4) is 0 Å². The summed E-state index contributed by atoms with van der Waals surface area (Å²) < 4.78 is 22.8. The molecule has 0 aliphatic carbocycles. The number of rotatable bonds is 54. The lowest BCUT2D eigenvalue weighted by Gasteiger charge is -2.25. The van der Waals surface area contributed by atoms with Gasteiger partial charge in [0, 0.05) is 12.8 Å². The van der Waals surface area contributed by atoms with Crippen LogP contribution in [0.15, 0.2) is 158 Å². The average molecular weight is 1100 g/mol. The van der Waals surface area contributed by atoms with E-state index >= 15 is 0 Å². The Labute approximate surface area is 483 Å². The second-order valence-electron chi connectivity index (χ2n) is 20.9. The third-order valence-electron chi connectivity index (χ3n) is 12.3. The molecular formula is C70H112NO8+. The minimum atomic E-state index is -1.53. The third-order valence-corrected chi connectivity index (χ3v) is 12.3. The Kier molecular flexibility index (Phi) is 55.2. The average Bonchev–Trinajstić information content (AvgIpc) is 3.42. The largest absolute Gasteiger partial charge is 0.477 e. The number of unbranched alkanes of at least 4 members (excludes halogenated alkanes) is 13. The number of quaternary nitrogens is 1. The molecule has 2 atom stereocenters. The topological polar surface area (TPSA) is 108 Å². The summed E-state index contributed by atoms with van der Waals surface area (Å²) in [5, 5.41) is 9.69. The molecule has 0 aromatic heterocycles. The van der Waals surface area contributed by atoms with Crippen LogP contribution in [0.4, 0.5) is 0 Å². The lowest BCUT2D eigenvalue weighted by molar-refractivity contribution is -0.870. The van der Waals surface area contributed by atoms with Crippen molar-refractivity contribution in [3.63, 3.8) is 0 Å². The maximum atomic E-state index is 12.9. The Bertz CT molecular complexity index is 1850. The molecule has 0 amide bonds. The van der Waals surface area contributed by atoms with E-state index in [0.29, 0.717) is 23.9 Å². The van der Waals surface area contributed by atoms with Crippen molar-refractivity contribution >= 4 is 17.9 Å². The fourth-order valence-electron chi connectivity index (χ4n) is 7.64. The molecule has 0 fully saturated rings. The number of nitrogens with zero attached hydrogens (tertiary/aromatic N) is 1. The Morgan fingerprint density at radius 2 is 0.684 bits per heavy atom. The molecule has 0 aromatic carbocycles. The number of carbonyl (C=O) groups excluding carboxylic acids is 2. The van der Waals surface area contributed by atoms with Crippen molar-refractivity contribution in [3.8, 4) is 0 Å². The quantitative estimate of drug-likeness (QED) is 0.0211. The number of likely N-dealkylation sites (N-methyl/N-ethyl adjacent to an activating group) is 1. The summed E-state index contributed by atoms with van der Waals surface area (Å²) in [6.45, 7) is 4.57. The molecule has 0 spiro atoms. The van der Waals surface area contributed by atoms with Gasteiger partial charge in [-0.25, -0.2) is 4.79 Å². The molecule has 0 rings (SSSR count). The van der Waals surface area contributed by atoms with Gasteiger partial charge in [-0.05, 0) is 122 Å². The summed E-state index contributed by atoms with van der Waals surface area (Å²) in [5.41, 5.74) is 0. The molecule has 1 N–H and O–H groups in total. The van der Waals surface area contributed by atoms with Gasteiger partial charge in [0.2, 0.25) is 0 Å². The summed E-state index contributed by atoms with van der Waals surface area (Å²) >= 11 is 0. The van der Waals surface area contributed by atoms with Crippen LogP contribution in [0.1, 0.15) is 206 Å². The number of ether oxygens (including phenoxy) is 4. The number of carboxylic acid groups (broad SMARTS) is 1. The van der Waals surface area contributed by atoms with Gasteiger partial charge in [0.05, 0.1) is 34.4 Å². The molecule has 9 heteroatoms. The van der Waals surface area contributed by atoms with Crippen LogP contribution in [0.5, 0.6) is 0 Å². The maximum absolute atomic E-state index is 12.9. The highest BCUT2D eigenvalue weighted by Crippen LogP contribution is 2.14. The van der Waals surface area contributed by atoms with Gasteiger partial charge in [0.1, 0.15) is 13.2 Å². The molecule has 444 valence electrons. The standard InChI is InChI=1S/C70H111NO8/c1-6-8-10-12-14-16-18-20-21-22-23-24-25-26-27-28-29-30-31-32-33-34-35-36-37-38-39-40-41-42-43-44-45-46-47-49-51-53-55-57-59-61-68(73)79-66(65-78-70(69(74)75)76-63-62-71(3,4)5)64-77-67(72)60-58-56-54-52-50-48-19-17-15-13-11-9-7-2/h8-11,14-17,20-21,23-24,26-27,29-30,32-33,35-36,38-39,41-42,48,50,66,70H,6-7,12-13,18-19,22,25,28,31,34,37,40,43-47,49,51-65H2,1-5H3/p+1/b10-8-,11-9-,16-14-,17-15-,21-20-,24-23-,27-26-,30-29-,33-32-,36-35-,39-38-,42-41-,50-48-. The van der Waals surface area contributed by atoms with Crippen LogP contribution in [0.25, 0.3) is 0 Å². The van der Waals surface area contributed by atoms with Gasteiger partial charge in [-0.1, -0.05) is 230 Å². The van der Waals surface area contributed by atoms with Crippen molar-refractivity contribution in [2.24, 2.45) is 0 Å². The van der Waals surface area contributed by atoms with E-state index in [1.165, 1.54) is 38.5 Å². The molecule has 0 saturated heterocycles. The van der Waals surface area contributed by atoms with Gasteiger partial charge in [0.25, 0.3) is 6.29 Å². The normalized spacial score (nSPS) is 13.9. The number of allylic oxidation sites excluding steroid dienone is 26. The predicted octanol–water partition coefficient (Wildman–Crippen LogP) is 18.6.